The van der Waals surface area contributed by atoms with Gasteiger partial charge in [0.05, 0.1) is 4.90 Å². The molecule has 0 saturated heterocycles. The van der Waals surface area contributed by atoms with Gasteiger partial charge in [0.25, 0.3) is 5.91 Å². The van der Waals surface area contributed by atoms with E-state index < -0.39 is 10.0 Å². The number of sulfonamides is 1. The fourth-order valence-electron chi connectivity index (χ4n) is 2.44. The van der Waals surface area contributed by atoms with Crippen molar-refractivity contribution in [3.63, 3.8) is 0 Å². The van der Waals surface area contributed by atoms with Crippen LogP contribution in [0.3, 0.4) is 0 Å². The molecule has 1 fully saturated rings. The first-order valence-electron chi connectivity index (χ1n) is 8.52. The van der Waals surface area contributed by atoms with Gasteiger partial charge in [-0.25, -0.2) is 12.7 Å². The van der Waals surface area contributed by atoms with Crippen LogP contribution in [0.2, 0.25) is 0 Å². The van der Waals surface area contributed by atoms with E-state index in [-0.39, 0.29) is 22.6 Å². The SMILES string of the molecule is CN(C)S(=O)(=O)c1cccc(NC(=O)c2ccc(NC(=O)C3CC3)cc2)c1. The van der Waals surface area contributed by atoms with Gasteiger partial charge in [0.2, 0.25) is 15.9 Å². The molecule has 0 unspecified atom stereocenters. The van der Waals surface area contributed by atoms with Crippen molar-refractivity contribution in [2.75, 3.05) is 24.7 Å². The van der Waals surface area contributed by atoms with Gasteiger partial charge in [0, 0.05) is 37.0 Å². The third-order valence-electron chi connectivity index (χ3n) is 4.23. The first kappa shape index (κ1) is 19.1. The molecule has 1 saturated carbocycles. The van der Waals surface area contributed by atoms with E-state index in [1.54, 1.807) is 36.4 Å². The Kier molecular flexibility index (Phi) is 5.29. The second-order valence-electron chi connectivity index (χ2n) is 6.61. The van der Waals surface area contributed by atoms with Gasteiger partial charge >= 0.3 is 0 Å². The molecule has 2 aromatic rings. The molecule has 0 radical (unpaired) electrons. The topological polar surface area (TPSA) is 95.6 Å². The summed E-state index contributed by atoms with van der Waals surface area (Å²) in [5, 5.41) is 5.50. The lowest BCUT2D eigenvalue weighted by Gasteiger charge is -2.13. The number of hydrogen-bond acceptors (Lipinski definition) is 4. The van der Waals surface area contributed by atoms with Crippen molar-refractivity contribution in [3.05, 3.63) is 54.1 Å². The van der Waals surface area contributed by atoms with Crippen LogP contribution in [0.5, 0.6) is 0 Å². The summed E-state index contributed by atoms with van der Waals surface area (Å²) in [4.78, 5) is 24.3. The number of nitrogens with one attached hydrogen (secondary N) is 2. The normalized spacial score (nSPS) is 14.0. The van der Waals surface area contributed by atoms with Crippen LogP contribution in [0.15, 0.2) is 53.4 Å². The quantitative estimate of drug-likeness (QED) is 0.796. The summed E-state index contributed by atoms with van der Waals surface area (Å²) >= 11 is 0. The molecule has 3 rings (SSSR count). The number of rotatable bonds is 6. The van der Waals surface area contributed by atoms with Crippen LogP contribution in [-0.4, -0.2) is 38.6 Å². The van der Waals surface area contributed by atoms with Crippen molar-refractivity contribution in [2.24, 2.45) is 5.92 Å². The van der Waals surface area contributed by atoms with Crippen molar-refractivity contribution in [2.45, 2.75) is 17.7 Å². The van der Waals surface area contributed by atoms with Crippen molar-refractivity contribution in [3.8, 4) is 0 Å². The monoisotopic (exact) mass is 387 g/mol. The molecule has 142 valence electrons. The minimum absolute atomic E-state index is 0.00566. The van der Waals surface area contributed by atoms with Crippen LogP contribution in [0.25, 0.3) is 0 Å². The first-order chi connectivity index (χ1) is 12.8. The average molecular weight is 387 g/mol. The second-order valence-corrected chi connectivity index (χ2v) is 8.76. The Bertz CT molecular complexity index is 965. The van der Waals surface area contributed by atoms with Crippen molar-refractivity contribution in [1.29, 1.82) is 0 Å². The molecule has 8 heteroatoms. The zero-order valence-corrected chi connectivity index (χ0v) is 15.9. The number of hydrogen-bond donors (Lipinski definition) is 2. The number of anilines is 2. The lowest BCUT2D eigenvalue weighted by Crippen LogP contribution is -2.22. The molecule has 2 amide bonds. The minimum atomic E-state index is -3.58. The van der Waals surface area contributed by atoms with Gasteiger partial charge < -0.3 is 10.6 Å². The molecule has 2 N–H and O–H groups in total. The van der Waals surface area contributed by atoms with Gasteiger partial charge in [0.15, 0.2) is 0 Å². The Hall–Kier alpha value is -2.71. The molecule has 0 aromatic heterocycles. The Morgan fingerprint density at radius 3 is 2.22 bits per heavy atom. The first-order valence-corrected chi connectivity index (χ1v) is 9.96. The number of carbonyl (C=O) groups is 2. The zero-order chi connectivity index (χ0) is 19.6. The molecule has 0 heterocycles. The Balaban J connectivity index is 1.69. The van der Waals surface area contributed by atoms with E-state index in [0.717, 1.165) is 17.1 Å². The van der Waals surface area contributed by atoms with E-state index in [1.807, 2.05) is 0 Å². The lowest BCUT2D eigenvalue weighted by atomic mass is 10.2. The van der Waals surface area contributed by atoms with Gasteiger partial charge in [-0.15, -0.1) is 0 Å². The molecule has 0 atom stereocenters. The summed E-state index contributed by atoms with van der Waals surface area (Å²) in [5.74, 6) is -0.251. The van der Waals surface area contributed by atoms with E-state index >= 15 is 0 Å². The fraction of sp³-hybridized carbons (Fsp3) is 0.263. The van der Waals surface area contributed by atoms with Crippen molar-refractivity contribution < 1.29 is 18.0 Å². The van der Waals surface area contributed by atoms with E-state index in [0.29, 0.717) is 16.9 Å². The summed E-state index contributed by atoms with van der Waals surface area (Å²) in [5.41, 5.74) is 1.43. The highest BCUT2D eigenvalue weighted by atomic mass is 32.2. The third-order valence-corrected chi connectivity index (χ3v) is 6.04. The van der Waals surface area contributed by atoms with E-state index in [2.05, 4.69) is 10.6 Å². The molecule has 0 aliphatic heterocycles. The van der Waals surface area contributed by atoms with E-state index in [1.165, 1.54) is 26.2 Å². The predicted octanol–water partition coefficient (Wildman–Crippen LogP) is 2.54. The van der Waals surface area contributed by atoms with Gasteiger partial charge in [-0.2, -0.15) is 0 Å². The smallest absolute Gasteiger partial charge is 0.255 e. The molecular weight excluding hydrogens is 366 g/mol. The summed E-state index contributed by atoms with van der Waals surface area (Å²) in [6.07, 6.45) is 1.85. The minimum Gasteiger partial charge on any atom is -0.326 e. The number of nitrogens with zero attached hydrogens (tertiary/aromatic N) is 1. The van der Waals surface area contributed by atoms with Crippen LogP contribution < -0.4 is 10.6 Å². The lowest BCUT2D eigenvalue weighted by molar-refractivity contribution is -0.117. The average Bonchev–Trinajstić information content (AvgIpc) is 3.47. The summed E-state index contributed by atoms with van der Waals surface area (Å²) in [6.45, 7) is 0. The second kappa shape index (κ2) is 7.50. The van der Waals surface area contributed by atoms with Gasteiger partial charge in [-0.1, -0.05) is 6.07 Å². The molecule has 0 spiro atoms. The fourth-order valence-corrected chi connectivity index (χ4v) is 3.39. The maximum atomic E-state index is 12.4. The summed E-state index contributed by atoms with van der Waals surface area (Å²) in [7, 11) is -0.680. The van der Waals surface area contributed by atoms with Crippen LogP contribution in [0, 0.1) is 5.92 Å². The maximum Gasteiger partial charge on any atom is 0.255 e. The molecule has 1 aliphatic rings. The highest BCUT2D eigenvalue weighted by Gasteiger charge is 2.29. The van der Waals surface area contributed by atoms with Crippen LogP contribution >= 0.6 is 0 Å². The zero-order valence-electron chi connectivity index (χ0n) is 15.1. The Morgan fingerprint density at radius 2 is 1.63 bits per heavy atom. The highest BCUT2D eigenvalue weighted by Crippen LogP contribution is 2.30. The van der Waals surface area contributed by atoms with Gasteiger partial charge in [0.1, 0.15) is 0 Å². The third kappa shape index (κ3) is 4.53. The molecule has 27 heavy (non-hydrogen) atoms. The highest BCUT2D eigenvalue weighted by molar-refractivity contribution is 7.89. The van der Waals surface area contributed by atoms with Crippen molar-refractivity contribution in [1.82, 2.24) is 4.31 Å². The van der Waals surface area contributed by atoms with Crippen molar-refractivity contribution >= 4 is 33.2 Å². The predicted molar refractivity (Wildman–Crippen MR) is 103 cm³/mol. The van der Waals surface area contributed by atoms with Crippen LogP contribution in [-0.2, 0) is 14.8 Å². The number of benzene rings is 2. The Morgan fingerprint density at radius 1 is 0.963 bits per heavy atom. The Labute approximate surface area is 158 Å². The maximum absolute atomic E-state index is 12.4. The molecular formula is C19H21N3O4S. The molecule has 1 aliphatic carbocycles. The van der Waals surface area contributed by atoms with E-state index in [9.17, 15) is 18.0 Å². The number of amides is 2. The van der Waals surface area contributed by atoms with Gasteiger partial charge in [-0.05, 0) is 55.3 Å². The summed E-state index contributed by atoms with van der Waals surface area (Å²) < 4.78 is 25.5. The van der Waals surface area contributed by atoms with Crippen LogP contribution in [0.1, 0.15) is 23.2 Å². The largest absolute Gasteiger partial charge is 0.326 e. The summed E-state index contributed by atoms with van der Waals surface area (Å²) in [6, 6.07) is 12.6. The van der Waals surface area contributed by atoms with Gasteiger partial charge in [-0.3, -0.25) is 9.59 Å². The number of carbonyl (C=O) groups excluding carboxylic acids is 2. The molecule has 2 aromatic carbocycles. The van der Waals surface area contributed by atoms with Crippen LogP contribution in [0.4, 0.5) is 11.4 Å². The van der Waals surface area contributed by atoms with E-state index in [4.69, 9.17) is 0 Å². The molecule has 0 bridgehead atoms. The molecule has 7 nitrogen and oxygen atoms in total. The standard InChI is InChI=1S/C19H21N3O4S/c1-22(2)27(25,26)17-5-3-4-16(12-17)21-19(24)14-8-10-15(11-9-14)20-18(23)13-6-7-13/h3-5,8-13H,6-7H2,1-2H3,(H,20,23)(H,21,24).